The van der Waals surface area contributed by atoms with Crippen LogP contribution < -0.4 is 5.32 Å². The molecular formula is C13H23NO3. The Balaban J connectivity index is 1.73. The summed E-state index contributed by atoms with van der Waals surface area (Å²) >= 11 is 0. The predicted octanol–water partition coefficient (Wildman–Crippen LogP) is 1.22. The summed E-state index contributed by atoms with van der Waals surface area (Å²) < 4.78 is 5.02. The highest BCUT2D eigenvalue weighted by molar-refractivity contribution is 5.72. The number of rotatable bonds is 5. The Morgan fingerprint density at radius 3 is 2.53 bits per heavy atom. The minimum Gasteiger partial charge on any atom is -0.466 e. The Kier molecular flexibility index (Phi) is 4.05. The minimum atomic E-state index is -0.606. The first kappa shape index (κ1) is 12.8. The molecule has 2 fully saturated rings. The molecule has 0 aromatic heterocycles. The van der Waals surface area contributed by atoms with Crippen LogP contribution in [0.3, 0.4) is 0 Å². The van der Waals surface area contributed by atoms with E-state index < -0.39 is 5.60 Å². The minimum absolute atomic E-state index is 0.00356. The Morgan fingerprint density at radius 2 is 2.00 bits per heavy atom. The van der Waals surface area contributed by atoms with Crippen LogP contribution >= 0.6 is 0 Å². The fraction of sp³-hybridized carbons (Fsp3) is 0.923. The van der Waals surface area contributed by atoms with Crippen LogP contribution in [0.25, 0.3) is 0 Å². The summed E-state index contributed by atoms with van der Waals surface area (Å²) in [6.45, 7) is 2.95. The molecule has 17 heavy (non-hydrogen) atoms. The van der Waals surface area contributed by atoms with Crippen molar-refractivity contribution in [2.45, 2.75) is 57.1 Å². The number of ether oxygens (including phenoxy) is 1. The molecule has 0 saturated heterocycles. The van der Waals surface area contributed by atoms with Gasteiger partial charge in [-0.25, -0.2) is 0 Å². The highest BCUT2D eigenvalue weighted by Crippen LogP contribution is 2.33. The molecule has 0 amide bonds. The molecule has 2 rings (SSSR count). The normalized spacial score (nSPS) is 33.4. The standard InChI is InChI=1S/C13H23NO3/c1-2-17-12(15)10-5-7-13(16,8-6-10)9-14-11-3-4-11/h10-11,14,16H,2-9H2,1H3. The fourth-order valence-electron chi connectivity index (χ4n) is 2.45. The fourth-order valence-corrected chi connectivity index (χ4v) is 2.45. The van der Waals surface area contributed by atoms with E-state index in [0.29, 0.717) is 32.0 Å². The molecule has 2 N–H and O–H groups in total. The molecule has 0 spiro atoms. The van der Waals surface area contributed by atoms with Crippen molar-refractivity contribution in [1.82, 2.24) is 5.32 Å². The zero-order chi connectivity index (χ0) is 12.3. The molecule has 0 aromatic carbocycles. The van der Waals surface area contributed by atoms with Crippen LogP contribution in [0.2, 0.25) is 0 Å². The smallest absolute Gasteiger partial charge is 0.308 e. The van der Waals surface area contributed by atoms with Gasteiger partial charge in [0.1, 0.15) is 0 Å². The van der Waals surface area contributed by atoms with E-state index in [9.17, 15) is 9.90 Å². The van der Waals surface area contributed by atoms with Gasteiger partial charge in [-0.1, -0.05) is 0 Å². The van der Waals surface area contributed by atoms with Crippen LogP contribution in [0.1, 0.15) is 45.4 Å². The third-order valence-corrected chi connectivity index (χ3v) is 3.83. The van der Waals surface area contributed by atoms with Crippen molar-refractivity contribution in [2.75, 3.05) is 13.2 Å². The molecule has 2 aliphatic carbocycles. The molecule has 0 bridgehead atoms. The van der Waals surface area contributed by atoms with Crippen molar-refractivity contribution in [2.24, 2.45) is 5.92 Å². The lowest BCUT2D eigenvalue weighted by Crippen LogP contribution is -2.45. The van der Waals surface area contributed by atoms with E-state index in [1.165, 1.54) is 12.8 Å². The first-order valence-electron chi connectivity index (χ1n) is 6.75. The van der Waals surface area contributed by atoms with Gasteiger partial charge in [-0.05, 0) is 45.4 Å². The quantitative estimate of drug-likeness (QED) is 0.711. The molecule has 0 atom stereocenters. The molecule has 0 radical (unpaired) electrons. The number of hydrogen-bond donors (Lipinski definition) is 2. The monoisotopic (exact) mass is 241 g/mol. The average Bonchev–Trinajstić information content (AvgIpc) is 3.12. The second kappa shape index (κ2) is 5.36. The number of carbonyl (C=O) groups is 1. The van der Waals surface area contributed by atoms with Crippen LogP contribution in [-0.4, -0.2) is 35.9 Å². The first-order chi connectivity index (χ1) is 8.13. The molecular weight excluding hydrogens is 218 g/mol. The molecule has 2 saturated carbocycles. The summed E-state index contributed by atoms with van der Waals surface area (Å²) in [6, 6.07) is 0.627. The van der Waals surface area contributed by atoms with Crippen molar-refractivity contribution in [3.8, 4) is 0 Å². The Labute approximate surface area is 103 Å². The summed E-state index contributed by atoms with van der Waals surface area (Å²) in [5.41, 5.74) is -0.606. The lowest BCUT2D eigenvalue weighted by atomic mass is 9.79. The number of esters is 1. The van der Waals surface area contributed by atoms with E-state index in [4.69, 9.17) is 4.74 Å². The zero-order valence-corrected chi connectivity index (χ0v) is 10.6. The van der Waals surface area contributed by atoms with Crippen molar-refractivity contribution in [1.29, 1.82) is 0 Å². The van der Waals surface area contributed by atoms with Crippen LogP contribution in [0.5, 0.6) is 0 Å². The lowest BCUT2D eigenvalue weighted by Gasteiger charge is -2.35. The van der Waals surface area contributed by atoms with Gasteiger partial charge >= 0.3 is 5.97 Å². The molecule has 0 heterocycles. The van der Waals surface area contributed by atoms with Crippen molar-refractivity contribution < 1.29 is 14.6 Å². The number of aliphatic hydroxyl groups is 1. The first-order valence-corrected chi connectivity index (χ1v) is 6.75. The number of nitrogens with one attached hydrogen (secondary N) is 1. The summed E-state index contributed by atoms with van der Waals surface area (Å²) in [7, 11) is 0. The van der Waals surface area contributed by atoms with Gasteiger partial charge in [0.25, 0.3) is 0 Å². The van der Waals surface area contributed by atoms with Gasteiger partial charge in [0.05, 0.1) is 18.1 Å². The van der Waals surface area contributed by atoms with E-state index in [1.807, 2.05) is 6.92 Å². The highest BCUT2D eigenvalue weighted by atomic mass is 16.5. The third-order valence-electron chi connectivity index (χ3n) is 3.83. The molecule has 4 nitrogen and oxygen atoms in total. The maximum Gasteiger partial charge on any atom is 0.308 e. The molecule has 98 valence electrons. The van der Waals surface area contributed by atoms with Crippen LogP contribution in [0.15, 0.2) is 0 Å². The third kappa shape index (κ3) is 3.68. The van der Waals surface area contributed by atoms with E-state index in [0.717, 1.165) is 12.8 Å². The van der Waals surface area contributed by atoms with Crippen molar-refractivity contribution >= 4 is 5.97 Å². The van der Waals surface area contributed by atoms with E-state index in [-0.39, 0.29) is 11.9 Å². The molecule has 0 unspecified atom stereocenters. The second-order valence-electron chi connectivity index (χ2n) is 5.41. The van der Waals surface area contributed by atoms with Gasteiger partial charge < -0.3 is 15.2 Å². The average molecular weight is 241 g/mol. The molecule has 0 aromatic rings. The molecule has 2 aliphatic rings. The van der Waals surface area contributed by atoms with Gasteiger partial charge in [0.2, 0.25) is 0 Å². The zero-order valence-electron chi connectivity index (χ0n) is 10.6. The van der Waals surface area contributed by atoms with E-state index >= 15 is 0 Å². The Morgan fingerprint density at radius 1 is 1.35 bits per heavy atom. The number of carbonyl (C=O) groups excluding carboxylic acids is 1. The highest BCUT2D eigenvalue weighted by Gasteiger charge is 2.37. The lowest BCUT2D eigenvalue weighted by molar-refractivity contribution is -0.151. The van der Waals surface area contributed by atoms with Gasteiger partial charge in [-0.15, -0.1) is 0 Å². The van der Waals surface area contributed by atoms with Gasteiger partial charge in [0.15, 0.2) is 0 Å². The van der Waals surface area contributed by atoms with Gasteiger partial charge in [-0.3, -0.25) is 4.79 Å². The van der Waals surface area contributed by atoms with Crippen LogP contribution in [0.4, 0.5) is 0 Å². The maximum absolute atomic E-state index is 11.6. The van der Waals surface area contributed by atoms with Crippen molar-refractivity contribution in [3.63, 3.8) is 0 Å². The van der Waals surface area contributed by atoms with E-state index in [2.05, 4.69) is 5.32 Å². The van der Waals surface area contributed by atoms with Crippen LogP contribution in [0, 0.1) is 5.92 Å². The van der Waals surface area contributed by atoms with Gasteiger partial charge in [-0.2, -0.15) is 0 Å². The van der Waals surface area contributed by atoms with Crippen molar-refractivity contribution in [3.05, 3.63) is 0 Å². The topological polar surface area (TPSA) is 58.6 Å². The summed E-state index contributed by atoms with van der Waals surface area (Å²) in [5.74, 6) is -0.0964. The van der Waals surface area contributed by atoms with E-state index in [1.54, 1.807) is 0 Å². The largest absolute Gasteiger partial charge is 0.466 e. The Bertz CT molecular complexity index is 268. The SMILES string of the molecule is CCOC(=O)C1CCC(O)(CNC2CC2)CC1. The molecule has 0 aliphatic heterocycles. The Hall–Kier alpha value is -0.610. The van der Waals surface area contributed by atoms with Gasteiger partial charge in [0, 0.05) is 12.6 Å². The second-order valence-corrected chi connectivity index (χ2v) is 5.41. The number of hydrogen-bond acceptors (Lipinski definition) is 4. The summed E-state index contributed by atoms with van der Waals surface area (Å²) in [5, 5.41) is 13.7. The van der Waals surface area contributed by atoms with Crippen LogP contribution in [-0.2, 0) is 9.53 Å². The molecule has 4 heteroatoms. The summed E-state index contributed by atoms with van der Waals surface area (Å²) in [6.07, 6.45) is 5.39. The predicted molar refractivity (Wildman–Crippen MR) is 64.6 cm³/mol. The maximum atomic E-state index is 11.6. The summed E-state index contributed by atoms with van der Waals surface area (Å²) in [4.78, 5) is 11.6.